The average molecular weight is 368 g/mol. The third-order valence-corrected chi connectivity index (χ3v) is 5.35. The van der Waals surface area contributed by atoms with Crippen LogP contribution in [0.1, 0.15) is 12.8 Å². The van der Waals surface area contributed by atoms with E-state index in [-0.39, 0.29) is 30.4 Å². The maximum Gasteiger partial charge on any atom is 0.327 e. The van der Waals surface area contributed by atoms with Crippen molar-refractivity contribution in [3.63, 3.8) is 0 Å². The second kappa shape index (κ2) is 7.44. The van der Waals surface area contributed by atoms with E-state index < -0.39 is 0 Å². The standard InChI is InChI=1S/C16H18ClN3O3S/c17-11-3-5-12(6-4-11)24-9-7-18-14(21)10-20-15(22)13-2-1-8-19(13)16(20)23/h3-6,13H,1-2,7-10H2,(H,18,21)/t13-/m0/s1. The van der Waals surface area contributed by atoms with Crippen molar-refractivity contribution in [3.05, 3.63) is 29.3 Å². The Bertz CT molecular complexity index is 630. The third-order valence-electron chi connectivity index (χ3n) is 4.09. The van der Waals surface area contributed by atoms with Gasteiger partial charge in [-0.25, -0.2) is 4.79 Å². The smallest absolute Gasteiger partial charge is 0.327 e. The number of carbonyl (C=O) groups excluding carboxylic acids is 3. The van der Waals surface area contributed by atoms with Gasteiger partial charge in [-0.15, -0.1) is 11.8 Å². The zero-order valence-electron chi connectivity index (χ0n) is 13.0. The van der Waals surface area contributed by atoms with Gasteiger partial charge in [0.25, 0.3) is 5.91 Å². The number of nitrogens with zero attached hydrogens (tertiary/aromatic N) is 2. The molecule has 1 atom stereocenters. The number of imide groups is 1. The summed E-state index contributed by atoms with van der Waals surface area (Å²) in [5.41, 5.74) is 0. The van der Waals surface area contributed by atoms with Crippen molar-refractivity contribution in [2.45, 2.75) is 23.8 Å². The predicted octanol–water partition coefficient (Wildman–Crippen LogP) is 1.97. The summed E-state index contributed by atoms with van der Waals surface area (Å²) in [6.45, 7) is 0.872. The summed E-state index contributed by atoms with van der Waals surface area (Å²) in [6, 6.07) is 6.78. The zero-order valence-corrected chi connectivity index (χ0v) is 14.6. The molecule has 2 aliphatic rings. The Morgan fingerprint density at radius 1 is 1.29 bits per heavy atom. The van der Waals surface area contributed by atoms with E-state index in [1.807, 2.05) is 24.3 Å². The summed E-state index contributed by atoms with van der Waals surface area (Å²) in [5.74, 6) is 0.141. The van der Waals surface area contributed by atoms with Gasteiger partial charge < -0.3 is 10.2 Å². The quantitative estimate of drug-likeness (QED) is 0.474. The fourth-order valence-corrected chi connectivity index (χ4v) is 3.81. The van der Waals surface area contributed by atoms with Crippen LogP contribution in [-0.2, 0) is 9.59 Å². The van der Waals surface area contributed by atoms with E-state index in [0.717, 1.165) is 16.2 Å². The van der Waals surface area contributed by atoms with Crippen molar-refractivity contribution in [2.75, 3.05) is 25.4 Å². The number of carbonyl (C=O) groups is 3. The zero-order chi connectivity index (χ0) is 17.1. The topological polar surface area (TPSA) is 69.7 Å². The lowest BCUT2D eigenvalue weighted by Gasteiger charge is -2.15. The highest BCUT2D eigenvalue weighted by Crippen LogP contribution is 2.27. The van der Waals surface area contributed by atoms with Gasteiger partial charge in [-0.1, -0.05) is 11.6 Å². The second-order valence-electron chi connectivity index (χ2n) is 5.71. The Balaban J connectivity index is 1.40. The monoisotopic (exact) mass is 367 g/mol. The molecule has 0 aromatic heterocycles. The van der Waals surface area contributed by atoms with Crippen LogP contribution in [0.2, 0.25) is 5.02 Å². The fraction of sp³-hybridized carbons (Fsp3) is 0.438. The van der Waals surface area contributed by atoms with E-state index in [4.69, 9.17) is 11.6 Å². The molecule has 1 aromatic carbocycles. The summed E-state index contributed by atoms with van der Waals surface area (Å²) in [7, 11) is 0. The van der Waals surface area contributed by atoms with Crippen LogP contribution in [0.4, 0.5) is 4.79 Å². The van der Waals surface area contributed by atoms with Gasteiger partial charge in [-0.05, 0) is 37.1 Å². The lowest BCUT2D eigenvalue weighted by Crippen LogP contribution is -2.42. The molecule has 0 spiro atoms. The second-order valence-corrected chi connectivity index (χ2v) is 7.32. The van der Waals surface area contributed by atoms with Gasteiger partial charge in [0.05, 0.1) is 0 Å². The minimum Gasteiger partial charge on any atom is -0.354 e. The summed E-state index contributed by atoms with van der Waals surface area (Å²) >= 11 is 7.42. The third kappa shape index (κ3) is 3.67. The van der Waals surface area contributed by atoms with Crippen LogP contribution in [0.5, 0.6) is 0 Å². The molecule has 1 aromatic rings. The molecule has 6 nitrogen and oxygen atoms in total. The van der Waals surface area contributed by atoms with Crippen LogP contribution in [0.3, 0.4) is 0 Å². The van der Waals surface area contributed by atoms with Crippen molar-refractivity contribution in [3.8, 4) is 0 Å². The molecule has 2 aliphatic heterocycles. The highest BCUT2D eigenvalue weighted by molar-refractivity contribution is 7.99. The van der Waals surface area contributed by atoms with E-state index in [0.29, 0.717) is 30.3 Å². The normalized spacial score (nSPS) is 19.8. The van der Waals surface area contributed by atoms with E-state index in [2.05, 4.69) is 5.32 Å². The number of hydrogen-bond acceptors (Lipinski definition) is 4. The molecule has 1 N–H and O–H groups in total. The fourth-order valence-electron chi connectivity index (χ4n) is 2.92. The van der Waals surface area contributed by atoms with Crippen LogP contribution in [0, 0.1) is 0 Å². The van der Waals surface area contributed by atoms with E-state index in [1.165, 1.54) is 0 Å². The maximum absolute atomic E-state index is 12.1. The van der Waals surface area contributed by atoms with Gasteiger partial charge >= 0.3 is 6.03 Å². The van der Waals surface area contributed by atoms with Gasteiger partial charge in [-0.3, -0.25) is 14.5 Å². The van der Waals surface area contributed by atoms with Gasteiger partial charge in [0.1, 0.15) is 12.6 Å². The SMILES string of the molecule is O=C(CN1C(=O)[C@@H]2CCCN2C1=O)NCCSc1ccc(Cl)cc1. The first-order valence-corrected chi connectivity index (χ1v) is 9.19. The Kier molecular flexibility index (Phi) is 5.30. The molecule has 0 saturated carbocycles. The van der Waals surface area contributed by atoms with E-state index in [9.17, 15) is 14.4 Å². The molecule has 8 heteroatoms. The molecule has 2 heterocycles. The number of hydrogen-bond donors (Lipinski definition) is 1. The summed E-state index contributed by atoms with van der Waals surface area (Å²) in [6.07, 6.45) is 1.55. The number of thioether (sulfide) groups is 1. The number of halogens is 1. The van der Waals surface area contributed by atoms with E-state index >= 15 is 0 Å². The summed E-state index contributed by atoms with van der Waals surface area (Å²) < 4.78 is 0. The predicted molar refractivity (Wildman–Crippen MR) is 92.0 cm³/mol. The number of rotatable bonds is 6. The Morgan fingerprint density at radius 2 is 2.04 bits per heavy atom. The maximum atomic E-state index is 12.1. The molecule has 24 heavy (non-hydrogen) atoms. The molecule has 0 aliphatic carbocycles. The van der Waals surface area contributed by atoms with Gasteiger partial charge in [0, 0.05) is 28.8 Å². The van der Waals surface area contributed by atoms with Crippen LogP contribution in [0.25, 0.3) is 0 Å². The van der Waals surface area contributed by atoms with Gasteiger partial charge in [0.2, 0.25) is 5.91 Å². The first-order valence-electron chi connectivity index (χ1n) is 7.83. The highest BCUT2D eigenvalue weighted by Gasteiger charge is 2.47. The minimum atomic E-state index is -0.356. The van der Waals surface area contributed by atoms with Crippen molar-refractivity contribution < 1.29 is 14.4 Å². The molecular weight excluding hydrogens is 350 g/mol. The van der Waals surface area contributed by atoms with Crippen molar-refractivity contribution in [1.29, 1.82) is 0 Å². The Labute approximate surface area is 149 Å². The molecule has 3 rings (SSSR count). The molecule has 128 valence electrons. The molecule has 0 radical (unpaired) electrons. The molecule has 0 unspecified atom stereocenters. The number of amides is 4. The molecule has 2 fully saturated rings. The van der Waals surface area contributed by atoms with Crippen LogP contribution >= 0.6 is 23.4 Å². The number of benzene rings is 1. The van der Waals surface area contributed by atoms with E-state index in [1.54, 1.807) is 16.7 Å². The molecule has 4 amide bonds. The van der Waals surface area contributed by atoms with Crippen LogP contribution in [0.15, 0.2) is 29.2 Å². The Morgan fingerprint density at radius 3 is 2.75 bits per heavy atom. The number of fused-ring (bicyclic) bond motifs is 1. The largest absolute Gasteiger partial charge is 0.354 e. The molecule has 2 saturated heterocycles. The minimum absolute atomic E-state index is 0.198. The number of nitrogens with one attached hydrogen (secondary N) is 1. The van der Waals surface area contributed by atoms with Crippen molar-refractivity contribution >= 4 is 41.2 Å². The Hall–Kier alpha value is -1.73. The van der Waals surface area contributed by atoms with Gasteiger partial charge in [-0.2, -0.15) is 0 Å². The van der Waals surface area contributed by atoms with Crippen LogP contribution < -0.4 is 5.32 Å². The molecular formula is C16H18ClN3O3S. The first kappa shape index (κ1) is 17.1. The summed E-state index contributed by atoms with van der Waals surface area (Å²) in [5, 5.41) is 3.44. The highest BCUT2D eigenvalue weighted by atomic mass is 35.5. The lowest BCUT2D eigenvalue weighted by atomic mass is 10.2. The van der Waals surface area contributed by atoms with Gasteiger partial charge in [0.15, 0.2) is 0 Å². The average Bonchev–Trinajstić information content (AvgIpc) is 3.13. The lowest BCUT2D eigenvalue weighted by molar-refractivity contribution is -0.132. The van der Waals surface area contributed by atoms with Crippen molar-refractivity contribution in [2.24, 2.45) is 0 Å². The summed E-state index contributed by atoms with van der Waals surface area (Å²) in [4.78, 5) is 39.9. The van der Waals surface area contributed by atoms with Crippen LogP contribution in [-0.4, -0.2) is 59.1 Å². The number of urea groups is 1. The molecule has 0 bridgehead atoms. The first-order chi connectivity index (χ1) is 11.6. The van der Waals surface area contributed by atoms with Crippen molar-refractivity contribution in [1.82, 2.24) is 15.1 Å².